The highest BCUT2D eigenvalue weighted by molar-refractivity contribution is 5.89. The second-order valence-corrected chi connectivity index (χ2v) is 3.98. The first-order valence-corrected chi connectivity index (χ1v) is 6.01. The van der Waals surface area contributed by atoms with E-state index >= 15 is 0 Å². The Balaban J connectivity index is 2.30. The lowest BCUT2D eigenvalue weighted by Crippen LogP contribution is -2.21. The van der Waals surface area contributed by atoms with E-state index in [1.165, 1.54) is 6.92 Å². The van der Waals surface area contributed by atoms with Gasteiger partial charge in [-0.15, -0.1) is 0 Å². The van der Waals surface area contributed by atoms with E-state index in [0.717, 1.165) is 11.3 Å². The standard InChI is InChI=1S/C13H18F2N2O2/c1-10(18)17-12-5-3-2-4-11(12)8-16-6-7-19-9-13(14)15/h2-5,13,16H,6-9H2,1H3,(H,17,18). The van der Waals surface area contributed by atoms with Crippen molar-refractivity contribution < 1.29 is 18.3 Å². The molecule has 1 amide bonds. The maximum atomic E-state index is 11.8. The molecular weight excluding hydrogens is 254 g/mol. The fourth-order valence-corrected chi connectivity index (χ4v) is 1.53. The Hall–Kier alpha value is -1.53. The average molecular weight is 272 g/mol. The molecule has 2 N–H and O–H groups in total. The highest BCUT2D eigenvalue weighted by Crippen LogP contribution is 2.14. The predicted molar refractivity (Wildman–Crippen MR) is 69.3 cm³/mol. The predicted octanol–water partition coefficient (Wildman–Crippen LogP) is 2.02. The summed E-state index contributed by atoms with van der Waals surface area (Å²) in [6.45, 7) is 2.15. The Labute approximate surface area is 111 Å². The van der Waals surface area contributed by atoms with Crippen molar-refractivity contribution in [2.24, 2.45) is 0 Å². The van der Waals surface area contributed by atoms with Crippen molar-refractivity contribution in [3.63, 3.8) is 0 Å². The summed E-state index contributed by atoms with van der Waals surface area (Å²) in [6.07, 6.45) is -2.43. The van der Waals surface area contributed by atoms with Crippen molar-refractivity contribution in [2.45, 2.75) is 19.9 Å². The van der Waals surface area contributed by atoms with Gasteiger partial charge in [0.15, 0.2) is 0 Å². The lowest BCUT2D eigenvalue weighted by atomic mass is 10.1. The summed E-state index contributed by atoms with van der Waals surface area (Å²) in [5.41, 5.74) is 1.68. The molecule has 0 atom stereocenters. The van der Waals surface area contributed by atoms with Crippen LogP contribution in [-0.2, 0) is 16.1 Å². The minimum absolute atomic E-state index is 0.132. The number of rotatable bonds is 8. The van der Waals surface area contributed by atoms with Gasteiger partial charge in [-0.1, -0.05) is 18.2 Å². The van der Waals surface area contributed by atoms with Crippen LogP contribution in [0.15, 0.2) is 24.3 Å². The van der Waals surface area contributed by atoms with Gasteiger partial charge in [-0.3, -0.25) is 4.79 Å². The number of anilines is 1. The highest BCUT2D eigenvalue weighted by atomic mass is 19.3. The lowest BCUT2D eigenvalue weighted by molar-refractivity contribution is -0.114. The number of ether oxygens (including phenoxy) is 1. The first-order valence-electron chi connectivity index (χ1n) is 6.01. The Kier molecular flexibility index (Phi) is 6.99. The van der Waals surface area contributed by atoms with Gasteiger partial charge in [-0.2, -0.15) is 0 Å². The molecule has 0 aliphatic carbocycles. The monoisotopic (exact) mass is 272 g/mol. The number of alkyl halides is 2. The normalized spacial score (nSPS) is 10.7. The SMILES string of the molecule is CC(=O)Nc1ccccc1CNCCOCC(F)F. The molecule has 0 saturated carbocycles. The summed E-state index contributed by atoms with van der Waals surface area (Å²) in [5.74, 6) is -0.132. The number of amides is 1. The molecule has 0 aliphatic rings. The Bertz CT molecular complexity index is 400. The molecule has 4 nitrogen and oxygen atoms in total. The molecule has 1 aromatic rings. The molecule has 0 unspecified atom stereocenters. The van der Waals surface area contributed by atoms with Crippen LogP contribution in [0.2, 0.25) is 0 Å². The molecule has 0 heterocycles. The van der Waals surface area contributed by atoms with Crippen LogP contribution >= 0.6 is 0 Å². The average Bonchev–Trinajstić information content (AvgIpc) is 2.34. The molecule has 0 fully saturated rings. The smallest absolute Gasteiger partial charge is 0.261 e. The van der Waals surface area contributed by atoms with Crippen LogP contribution in [0.1, 0.15) is 12.5 Å². The summed E-state index contributed by atoms with van der Waals surface area (Å²) in [6, 6.07) is 7.40. The summed E-state index contributed by atoms with van der Waals surface area (Å²) in [7, 11) is 0. The molecule has 19 heavy (non-hydrogen) atoms. The first-order chi connectivity index (χ1) is 9.09. The van der Waals surface area contributed by atoms with Crippen molar-refractivity contribution in [2.75, 3.05) is 25.1 Å². The molecule has 0 radical (unpaired) electrons. The Morgan fingerprint density at radius 1 is 1.37 bits per heavy atom. The van der Waals surface area contributed by atoms with E-state index in [1.54, 1.807) is 0 Å². The van der Waals surface area contributed by atoms with E-state index in [9.17, 15) is 13.6 Å². The van der Waals surface area contributed by atoms with Crippen LogP contribution in [0, 0.1) is 0 Å². The van der Waals surface area contributed by atoms with Crippen LogP contribution in [-0.4, -0.2) is 32.1 Å². The third kappa shape index (κ3) is 6.83. The molecule has 0 bridgehead atoms. The topological polar surface area (TPSA) is 50.4 Å². The summed E-state index contributed by atoms with van der Waals surface area (Å²) >= 11 is 0. The second kappa shape index (κ2) is 8.55. The van der Waals surface area contributed by atoms with E-state index in [-0.39, 0.29) is 12.5 Å². The van der Waals surface area contributed by atoms with Crippen LogP contribution < -0.4 is 10.6 Å². The number of hydrogen-bond donors (Lipinski definition) is 2. The van der Waals surface area contributed by atoms with Gasteiger partial charge >= 0.3 is 0 Å². The number of halogens is 2. The molecule has 1 rings (SSSR count). The van der Waals surface area contributed by atoms with Gasteiger partial charge < -0.3 is 15.4 Å². The zero-order valence-corrected chi connectivity index (χ0v) is 10.8. The summed E-state index contributed by atoms with van der Waals surface area (Å²) < 4.78 is 28.3. The zero-order chi connectivity index (χ0) is 14.1. The van der Waals surface area contributed by atoms with Crippen molar-refractivity contribution >= 4 is 11.6 Å². The minimum Gasteiger partial charge on any atom is -0.374 e. The van der Waals surface area contributed by atoms with Crippen molar-refractivity contribution in [3.8, 4) is 0 Å². The largest absolute Gasteiger partial charge is 0.374 e. The van der Waals surface area contributed by atoms with E-state index in [0.29, 0.717) is 13.1 Å². The van der Waals surface area contributed by atoms with Gasteiger partial charge in [0.1, 0.15) is 6.61 Å². The van der Waals surface area contributed by atoms with Crippen molar-refractivity contribution in [1.29, 1.82) is 0 Å². The fraction of sp³-hybridized carbons (Fsp3) is 0.462. The molecule has 0 aliphatic heterocycles. The van der Waals surface area contributed by atoms with Crippen LogP contribution in [0.4, 0.5) is 14.5 Å². The molecule has 106 valence electrons. The lowest BCUT2D eigenvalue weighted by Gasteiger charge is -2.11. The second-order valence-electron chi connectivity index (χ2n) is 3.98. The van der Waals surface area contributed by atoms with E-state index in [2.05, 4.69) is 10.6 Å². The van der Waals surface area contributed by atoms with E-state index < -0.39 is 13.0 Å². The molecule has 0 spiro atoms. The number of carbonyl (C=O) groups excluding carboxylic acids is 1. The number of benzene rings is 1. The summed E-state index contributed by atoms with van der Waals surface area (Å²) in [5, 5.41) is 5.80. The van der Waals surface area contributed by atoms with E-state index in [1.807, 2.05) is 24.3 Å². The molecule has 6 heteroatoms. The third-order valence-electron chi connectivity index (χ3n) is 2.31. The van der Waals surface area contributed by atoms with Crippen LogP contribution in [0.25, 0.3) is 0 Å². The maximum Gasteiger partial charge on any atom is 0.261 e. The molecule has 0 aromatic heterocycles. The van der Waals surface area contributed by atoms with Crippen LogP contribution in [0.5, 0.6) is 0 Å². The van der Waals surface area contributed by atoms with Crippen molar-refractivity contribution in [1.82, 2.24) is 5.32 Å². The van der Waals surface area contributed by atoms with Crippen molar-refractivity contribution in [3.05, 3.63) is 29.8 Å². The minimum atomic E-state index is -2.43. The number of hydrogen-bond acceptors (Lipinski definition) is 3. The molecule has 1 aromatic carbocycles. The maximum absolute atomic E-state index is 11.8. The van der Waals surface area contributed by atoms with E-state index in [4.69, 9.17) is 4.74 Å². The highest BCUT2D eigenvalue weighted by Gasteiger charge is 2.03. The van der Waals surface area contributed by atoms with Gasteiger partial charge in [-0.05, 0) is 11.6 Å². The number of para-hydroxylation sites is 1. The quantitative estimate of drug-likeness (QED) is 0.712. The summed E-state index contributed by atoms with van der Waals surface area (Å²) in [4.78, 5) is 11.0. The molecular formula is C13H18F2N2O2. The molecule has 0 saturated heterocycles. The van der Waals surface area contributed by atoms with Gasteiger partial charge in [0.2, 0.25) is 5.91 Å². The zero-order valence-electron chi connectivity index (χ0n) is 10.8. The third-order valence-corrected chi connectivity index (χ3v) is 2.31. The van der Waals surface area contributed by atoms with Gasteiger partial charge in [0, 0.05) is 25.7 Å². The first kappa shape index (κ1) is 15.5. The number of nitrogens with one attached hydrogen (secondary N) is 2. The van der Waals surface area contributed by atoms with Gasteiger partial charge in [-0.25, -0.2) is 8.78 Å². The van der Waals surface area contributed by atoms with Crippen LogP contribution in [0.3, 0.4) is 0 Å². The van der Waals surface area contributed by atoms with Gasteiger partial charge in [0.05, 0.1) is 6.61 Å². The fourth-order valence-electron chi connectivity index (χ4n) is 1.53. The Morgan fingerprint density at radius 3 is 2.79 bits per heavy atom. The Morgan fingerprint density at radius 2 is 2.11 bits per heavy atom. The van der Waals surface area contributed by atoms with Gasteiger partial charge in [0.25, 0.3) is 6.43 Å². The number of carbonyl (C=O) groups is 1.